The summed E-state index contributed by atoms with van der Waals surface area (Å²) in [6.07, 6.45) is 11.3. The Morgan fingerprint density at radius 1 is 0.537 bits per heavy atom. The standard InChI is InChI=1S/C52H41NO/c1-34-14-10-17-39-30-33-41(35(2)50(34)39)37-28-31-40(32-29-37)53(48-26-13-24-46-44-21-7-9-27-49(44)54-52(46)48)47-25-8-6-20-43(47)45-23-12-19-38-18-11-22-42(51(38)45)36-15-4-3-5-16-36/h3-13,15-21,23-34,42H,14,22H2,1-2H3. The van der Waals surface area contributed by atoms with Crippen LogP contribution in [-0.4, -0.2) is 0 Å². The molecule has 0 aliphatic heterocycles. The smallest absolute Gasteiger partial charge is 0.159 e. The van der Waals surface area contributed by atoms with Gasteiger partial charge in [-0.1, -0.05) is 153 Å². The summed E-state index contributed by atoms with van der Waals surface area (Å²) in [5.74, 6) is 0.779. The van der Waals surface area contributed by atoms with Crippen molar-refractivity contribution < 1.29 is 4.42 Å². The number of benzene rings is 7. The van der Waals surface area contributed by atoms with Crippen molar-refractivity contribution in [2.75, 3.05) is 4.90 Å². The summed E-state index contributed by atoms with van der Waals surface area (Å²) in [6.45, 7) is 4.64. The lowest BCUT2D eigenvalue weighted by molar-refractivity contribution is 0.669. The number of anilines is 3. The van der Waals surface area contributed by atoms with E-state index in [-0.39, 0.29) is 5.92 Å². The number of furan rings is 1. The van der Waals surface area contributed by atoms with E-state index in [9.17, 15) is 0 Å². The molecular formula is C52H41NO. The zero-order chi connectivity index (χ0) is 36.2. The average molecular weight is 696 g/mol. The van der Waals surface area contributed by atoms with Crippen molar-refractivity contribution >= 4 is 51.2 Å². The summed E-state index contributed by atoms with van der Waals surface area (Å²) in [4.78, 5) is 2.41. The Balaban J connectivity index is 1.18. The molecule has 1 heterocycles. The first-order chi connectivity index (χ1) is 26.6. The van der Waals surface area contributed by atoms with Crippen LogP contribution in [0.1, 0.15) is 65.0 Å². The molecule has 0 saturated heterocycles. The molecule has 0 amide bonds. The van der Waals surface area contributed by atoms with Gasteiger partial charge < -0.3 is 9.32 Å². The van der Waals surface area contributed by atoms with Crippen molar-refractivity contribution in [1.29, 1.82) is 0 Å². The van der Waals surface area contributed by atoms with E-state index >= 15 is 0 Å². The molecule has 8 aromatic rings. The minimum atomic E-state index is 0.264. The van der Waals surface area contributed by atoms with Crippen LogP contribution in [0.25, 0.3) is 56.3 Å². The Morgan fingerprint density at radius 2 is 1.22 bits per heavy atom. The van der Waals surface area contributed by atoms with Gasteiger partial charge >= 0.3 is 0 Å². The molecule has 2 heteroatoms. The Labute approximate surface area is 317 Å². The highest BCUT2D eigenvalue weighted by Crippen LogP contribution is 2.49. The van der Waals surface area contributed by atoms with Gasteiger partial charge in [0, 0.05) is 27.9 Å². The Hall–Kier alpha value is -6.38. The topological polar surface area (TPSA) is 16.4 Å². The van der Waals surface area contributed by atoms with Crippen LogP contribution in [-0.2, 0) is 0 Å². The second kappa shape index (κ2) is 13.2. The molecule has 0 N–H and O–H groups in total. The van der Waals surface area contributed by atoms with E-state index in [0.29, 0.717) is 5.92 Å². The zero-order valence-corrected chi connectivity index (χ0v) is 30.7. The van der Waals surface area contributed by atoms with Crippen LogP contribution in [0, 0.1) is 6.92 Å². The van der Waals surface area contributed by atoms with Gasteiger partial charge in [-0.25, -0.2) is 0 Å². The van der Waals surface area contributed by atoms with Gasteiger partial charge in [0.2, 0.25) is 0 Å². The molecular weight excluding hydrogens is 655 g/mol. The molecule has 2 atom stereocenters. The van der Waals surface area contributed by atoms with Gasteiger partial charge in [0.05, 0.1) is 11.4 Å². The predicted molar refractivity (Wildman–Crippen MR) is 228 cm³/mol. The summed E-state index contributed by atoms with van der Waals surface area (Å²) in [7, 11) is 0. The molecule has 7 aromatic carbocycles. The van der Waals surface area contributed by atoms with Gasteiger partial charge in [-0.15, -0.1) is 0 Å². The lowest BCUT2D eigenvalue weighted by Crippen LogP contribution is -2.13. The van der Waals surface area contributed by atoms with Crippen molar-refractivity contribution in [3.63, 3.8) is 0 Å². The van der Waals surface area contributed by atoms with E-state index in [4.69, 9.17) is 4.42 Å². The number of allylic oxidation sites excluding steroid dienone is 2. The molecule has 10 rings (SSSR count). The van der Waals surface area contributed by atoms with Crippen molar-refractivity contribution in [2.24, 2.45) is 0 Å². The lowest BCUT2D eigenvalue weighted by atomic mass is 9.78. The summed E-state index contributed by atoms with van der Waals surface area (Å²) >= 11 is 0. The monoisotopic (exact) mass is 695 g/mol. The maximum Gasteiger partial charge on any atom is 0.159 e. The van der Waals surface area contributed by atoms with Crippen molar-refractivity contribution in [1.82, 2.24) is 0 Å². The highest BCUT2D eigenvalue weighted by Gasteiger charge is 2.27. The second-order valence-electron chi connectivity index (χ2n) is 14.8. The Bertz CT molecular complexity index is 2750. The summed E-state index contributed by atoms with van der Waals surface area (Å²) in [5.41, 5.74) is 18.1. The van der Waals surface area contributed by atoms with Crippen molar-refractivity contribution in [3.8, 4) is 22.3 Å². The van der Waals surface area contributed by atoms with Crippen molar-refractivity contribution in [2.45, 2.75) is 38.5 Å². The Kier molecular flexibility index (Phi) is 7.91. The number of para-hydroxylation sites is 3. The second-order valence-corrected chi connectivity index (χ2v) is 14.8. The van der Waals surface area contributed by atoms with Crippen LogP contribution in [0.3, 0.4) is 0 Å². The third kappa shape index (κ3) is 5.32. The maximum absolute atomic E-state index is 6.73. The minimum Gasteiger partial charge on any atom is -0.454 e. The van der Waals surface area contributed by atoms with Crippen LogP contribution in [0.5, 0.6) is 0 Å². The molecule has 0 radical (unpaired) electrons. The molecule has 0 fully saturated rings. The molecule has 2 nitrogen and oxygen atoms in total. The molecule has 2 aliphatic rings. The average Bonchev–Trinajstić information content (AvgIpc) is 3.61. The number of hydrogen-bond donors (Lipinski definition) is 0. The largest absolute Gasteiger partial charge is 0.454 e. The first-order valence-corrected chi connectivity index (χ1v) is 19.2. The molecule has 260 valence electrons. The molecule has 1 aromatic heterocycles. The molecule has 2 unspecified atom stereocenters. The lowest BCUT2D eigenvalue weighted by Gasteiger charge is -2.30. The molecule has 2 aliphatic carbocycles. The minimum absolute atomic E-state index is 0.264. The number of fused-ring (bicyclic) bond motifs is 5. The van der Waals surface area contributed by atoms with Gasteiger partial charge in [0.1, 0.15) is 5.58 Å². The fourth-order valence-electron chi connectivity index (χ4n) is 9.17. The first kappa shape index (κ1) is 32.3. The molecule has 0 spiro atoms. The Morgan fingerprint density at radius 3 is 2.09 bits per heavy atom. The van der Waals surface area contributed by atoms with Gasteiger partial charge in [-0.2, -0.15) is 0 Å². The van der Waals surface area contributed by atoms with Crippen LogP contribution >= 0.6 is 0 Å². The molecule has 0 saturated carbocycles. The van der Waals surface area contributed by atoms with E-state index in [0.717, 1.165) is 51.8 Å². The van der Waals surface area contributed by atoms with Crippen molar-refractivity contribution in [3.05, 3.63) is 197 Å². The van der Waals surface area contributed by atoms with E-state index in [1.807, 2.05) is 6.07 Å². The molecule has 54 heavy (non-hydrogen) atoms. The number of hydrogen-bond acceptors (Lipinski definition) is 2. The molecule has 0 bridgehead atoms. The van der Waals surface area contributed by atoms with Gasteiger partial charge in [0.15, 0.2) is 5.58 Å². The van der Waals surface area contributed by atoms with E-state index < -0.39 is 0 Å². The third-order valence-corrected chi connectivity index (χ3v) is 11.7. The summed E-state index contributed by atoms with van der Waals surface area (Å²) in [6, 6.07) is 55.3. The SMILES string of the molecule is Cc1c(-c2ccc(N(c3ccccc3-c3cccc4c3C(c3ccccc3)CC=C4)c3cccc4c3oc3ccccc34)cc2)ccc2c1C(C)CC=C2. The van der Waals surface area contributed by atoms with Crippen LogP contribution in [0.15, 0.2) is 168 Å². The zero-order valence-electron chi connectivity index (χ0n) is 30.7. The van der Waals surface area contributed by atoms with E-state index in [2.05, 4.69) is 189 Å². The van der Waals surface area contributed by atoms with Crippen LogP contribution in [0.2, 0.25) is 0 Å². The maximum atomic E-state index is 6.73. The first-order valence-electron chi connectivity index (χ1n) is 19.2. The van der Waals surface area contributed by atoms with Gasteiger partial charge in [0.25, 0.3) is 0 Å². The normalized spacial score (nSPS) is 16.0. The quantitative estimate of drug-likeness (QED) is 0.172. The van der Waals surface area contributed by atoms with Crippen LogP contribution < -0.4 is 4.90 Å². The highest BCUT2D eigenvalue weighted by atomic mass is 16.3. The third-order valence-electron chi connectivity index (χ3n) is 11.7. The predicted octanol–water partition coefficient (Wildman–Crippen LogP) is 14.8. The number of nitrogens with zero attached hydrogens (tertiary/aromatic N) is 1. The fraction of sp³-hybridized carbons (Fsp3) is 0.115. The van der Waals surface area contributed by atoms with E-state index in [1.54, 1.807) is 0 Å². The number of rotatable bonds is 6. The highest BCUT2D eigenvalue weighted by molar-refractivity contribution is 6.10. The van der Waals surface area contributed by atoms with E-state index in [1.165, 1.54) is 55.6 Å². The summed E-state index contributed by atoms with van der Waals surface area (Å²) in [5, 5.41) is 2.24. The fourth-order valence-corrected chi connectivity index (χ4v) is 9.17. The van der Waals surface area contributed by atoms with Gasteiger partial charge in [-0.3, -0.25) is 0 Å². The summed E-state index contributed by atoms with van der Waals surface area (Å²) < 4.78 is 6.73. The van der Waals surface area contributed by atoms with Crippen LogP contribution in [0.4, 0.5) is 17.1 Å². The van der Waals surface area contributed by atoms with Gasteiger partial charge in [-0.05, 0) is 106 Å².